The summed E-state index contributed by atoms with van der Waals surface area (Å²) in [5.41, 5.74) is 1.04. The van der Waals surface area contributed by atoms with Gasteiger partial charge in [-0.05, 0) is 25.0 Å². The van der Waals surface area contributed by atoms with Gasteiger partial charge in [0.25, 0.3) is 0 Å². The van der Waals surface area contributed by atoms with Crippen LogP contribution in [-0.2, 0) is 11.3 Å². The summed E-state index contributed by atoms with van der Waals surface area (Å²) in [5.74, 6) is 1.25. The van der Waals surface area contributed by atoms with Crippen LogP contribution in [0.3, 0.4) is 0 Å². The van der Waals surface area contributed by atoms with Gasteiger partial charge in [0.15, 0.2) is 5.13 Å². The molecule has 0 spiro atoms. The summed E-state index contributed by atoms with van der Waals surface area (Å²) in [6.07, 6.45) is 5.90. The first-order valence-corrected chi connectivity index (χ1v) is 11.2. The molecule has 3 rings (SSSR count). The van der Waals surface area contributed by atoms with Crippen LogP contribution in [0.15, 0.2) is 29.8 Å². The molecule has 0 bridgehead atoms. The van der Waals surface area contributed by atoms with Crippen molar-refractivity contribution in [1.29, 1.82) is 0 Å². The number of rotatable bonds is 9. The normalized spacial score (nSPS) is 16.1. The Bertz CT molecular complexity index is 727. The lowest BCUT2D eigenvalue weighted by Gasteiger charge is -2.35. The third kappa shape index (κ3) is 5.75. The van der Waals surface area contributed by atoms with Gasteiger partial charge in [-0.3, -0.25) is 9.69 Å². The molecule has 1 fully saturated rings. The monoisotopic (exact) mass is 401 g/mol. The average Bonchev–Trinajstić information content (AvgIpc) is 3.16. The van der Waals surface area contributed by atoms with Crippen molar-refractivity contribution in [1.82, 2.24) is 14.9 Å². The van der Waals surface area contributed by atoms with Crippen LogP contribution in [0.2, 0.25) is 0 Å². The number of nitrogens with one attached hydrogen (secondary N) is 1. The molecule has 1 unspecified atom stereocenters. The number of piperazine rings is 1. The Morgan fingerprint density at radius 3 is 2.75 bits per heavy atom. The van der Waals surface area contributed by atoms with Crippen molar-refractivity contribution < 1.29 is 4.79 Å². The average molecular weight is 402 g/mol. The van der Waals surface area contributed by atoms with Gasteiger partial charge in [-0.1, -0.05) is 32.8 Å². The minimum absolute atomic E-state index is 0.0898. The second-order valence-corrected chi connectivity index (χ2v) is 8.19. The summed E-state index contributed by atoms with van der Waals surface area (Å²) in [4.78, 5) is 26.3. The van der Waals surface area contributed by atoms with Crippen molar-refractivity contribution >= 4 is 28.2 Å². The van der Waals surface area contributed by atoms with E-state index in [1.807, 2.05) is 18.3 Å². The molecule has 0 saturated carbocycles. The van der Waals surface area contributed by atoms with Crippen molar-refractivity contribution in [3.05, 3.63) is 35.5 Å². The first-order valence-electron chi connectivity index (χ1n) is 10.3. The molecule has 2 aromatic heterocycles. The van der Waals surface area contributed by atoms with Crippen molar-refractivity contribution in [2.45, 2.75) is 46.1 Å². The second kappa shape index (κ2) is 10.5. The Labute approximate surface area is 172 Å². The number of anilines is 2. The molecule has 7 heteroatoms. The van der Waals surface area contributed by atoms with Crippen molar-refractivity contribution in [3.8, 4) is 0 Å². The van der Waals surface area contributed by atoms with Crippen molar-refractivity contribution in [2.75, 3.05) is 36.4 Å². The lowest BCUT2D eigenvalue weighted by atomic mass is 9.99. The predicted molar refractivity (Wildman–Crippen MR) is 116 cm³/mol. The number of carbonyl (C=O) groups excluding carboxylic acids is 1. The van der Waals surface area contributed by atoms with Crippen molar-refractivity contribution in [2.24, 2.45) is 5.92 Å². The van der Waals surface area contributed by atoms with Crippen LogP contribution in [0.4, 0.5) is 10.9 Å². The molecular weight excluding hydrogens is 370 g/mol. The van der Waals surface area contributed by atoms with Crippen LogP contribution in [0.25, 0.3) is 0 Å². The maximum atomic E-state index is 12.5. The molecule has 3 heterocycles. The van der Waals surface area contributed by atoms with Crippen LogP contribution in [-0.4, -0.2) is 47.0 Å². The Kier molecular flexibility index (Phi) is 7.80. The lowest BCUT2D eigenvalue weighted by molar-refractivity contribution is -0.120. The van der Waals surface area contributed by atoms with E-state index < -0.39 is 0 Å². The summed E-state index contributed by atoms with van der Waals surface area (Å²) < 4.78 is 0. The van der Waals surface area contributed by atoms with E-state index in [0.717, 1.165) is 75.1 Å². The summed E-state index contributed by atoms with van der Waals surface area (Å²) in [7, 11) is 0. The zero-order chi connectivity index (χ0) is 19.8. The maximum Gasteiger partial charge on any atom is 0.229 e. The molecule has 1 amide bonds. The Balaban J connectivity index is 1.46. The van der Waals surface area contributed by atoms with Gasteiger partial charge in [-0.2, -0.15) is 0 Å². The summed E-state index contributed by atoms with van der Waals surface area (Å²) in [6, 6.07) is 6.05. The maximum absolute atomic E-state index is 12.5. The molecule has 28 heavy (non-hydrogen) atoms. The fraction of sp³-hybridized carbons (Fsp3) is 0.571. The molecule has 152 valence electrons. The molecule has 1 saturated heterocycles. The van der Waals surface area contributed by atoms with Crippen LogP contribution in [0, 0.1) is 5.92 Å². The van der Waals surface area contributed by atoms with E-state index in [0.29, 0.717) is 0 Å². The number of hydrogen-bond acceptors (Lipinski definition) is 6. The Morgan fingerprint density at radius 1 is 1.25 bits per heavy atom. The first-order chi connectivity index (χ1) is 13.7. The highest BCUT2D eigenvalue weighted by atomic mass is 32.1. The van der Waals surface area contributed by atoms with E-state index in [9.17, 15) is 4.79 Å². The van der Waals surface area contributed by atoms with Crippen LogP contribution in [0.5, 0.6) is 0 Å². The van der Waals surface area contributed by atoms with Crippen LogP contribution < -0.4 is 10.2 Å². The van der Waals surface area contributed by atoms with Gasteiger partial charge in [-0.25, -0.2) is 9.97 Å². The Morgan fingerprint density at radius 2 is 2.07 bits per heavy atom. The molecule has 0 radical (unpaired) electrons. The van der Waals surface area contributed by atoms with E-state index in [1.165, 1.54) is 11.3 Å². The number of pyridine rings is 1. The van der Waals surface area contributed by atoms with E-state index in [4.69, 9.17) is 0 Å². The van der Waals surface area contributed by atoms with Crippen LogP contribution >= 0.6 is 11.3 Å². The quantitative estimate of drug-likeness (QED) is 0.688. The number of unbranched alkanes of at least 4 members (excludes halogenated alkanes) is 1. The van der Waals surface area contributed by atoms with Gasteiger partial charge in [0.2, 0.25) is 5.91 Å². The third-order valence-electron chi connectivity index (χ3n) is 5.28. The fourth-order valence-electron chi connectivity index (χ4n) is 3.52. The van der Waals surface area contributed by atoms with E-state index in [-0.39, 0.29) is 11.8 Å². The molecule has 1 aliphatic rings. The van der Waals surface area contributed by atoms with Gasteiger partial charge in [0.1, 0.15) is 5.82 Å². The van der Waals surface area contributed by atoms with Gasteiger partial charge in [-0.15, -0.1) is 11.3 Å². The summed E-state index contributed by atoms with van der Waals surface area (Å²) >= 11 is 1.53. The number of amides is 1. The third-order valence-corrected chi connectivity index (χ3v) is 6.09. The van der Waals surface area contributed by atoms with Gasteiger partial charge in [0.05, 0.1) is 5.69 Å². The number of carbonyl (C=O) groups is 1. The first kappa shape index (κ1) is 20.7. The van der Waals surface area contributed by atoms with Gasteiger partial charge >= 0.3 is 0 Å². The lowest BCUT2D eigenvalue weighted by Crippen LogP contribution is -2.46. The smallest absolute Gasteiger partial charge is 0.229 e. The van der Waals surface area contributed by atoms with E-state index >= 15 is 0 Å². The standard InChI is InChI=1S/C21H31N5OS/c1-3-5-8-17(4-2)20(27)24-21-23-18(16-28-21)15-25-11-13-26(14-12-25)19-9-6-7-10-22-19/h6-7,9-10,16-17H,3-5,8,11-15H2,1-2H3,(H,23,24,27). The highest BCUT2D eigenvalue weighted by molar-refractivity contribution is 7.13. The highest BCUT2D eigenvalue weighted by Crippen LogP contribution is 2.21. The molecule has 0 aromatic carbocycles. The largest absolute Gasteiger partial charge is 0.354 e. The second-order valence-electron chi connectivity index (χ2n) is 7.33. The van der Waals surface area contributed by atoms with Crippen molar-refractivity contribution in [3.63, 3.8) is 0 Å². The SMILES string of the molecule is CCCCC(CC)C(=O)Nc1nc(CN2CCN(c3ccccn3)CC2)cs1. The molecule has 6 nitrogen and oxygen atoms in total. The van der Waals surface area contributed by atoms with E-state index in [2.05, 4.69) is 50.4 Å². The molecule has 2 aromatic rings. The number of nitrogens with zero attached hydrogens (tertiary/aromatic N) is 4. The van der Waals surface area contributed by atoms with E-state index in [1.54, 1.807) is 0 Å². The number of aromatic nitrogens is 2. The summed E-state index contributed by atoms with van der Waals surface area (Å²) in [5, 5.41) is 5.81. The summed E-state index contributed by atoms with van der Waals surface area (Å²) in [6.45, 7) is 9.00. The number of hydrogen-bond donors (Lipinski definition) is 1. The van der Waals surface area contributed by atoms with Crippen LogP contribution in [0.1, 0.15) is 45.2 Å². The highest BCUT2D eigenvalue weighted by Gasteiger charge is 2.20. The van der Waals surface area contributed by atoms with Gasteiger partial charge in [0, 0.05) is 50.2 Å². The zero-order valence-corrected chi connectivity index (χ0v) is 17.7. The fourth-order valence-corrected chi connectivity index (χ4v) is 4.22. The molecule has 1 atom stereocenters. The number of thiazole rings is 1. The topological polar surface area (TPSA) is 61.4 Å². The Hall–Kier alpha value is -1.99. The van der Waals surface area contributed by atoms with Gasteiger partial charge < -0.3 is 10.2 Å². The predicted octanol–water partition coefficient (Wildman–Crippen LogP) is 4.02. The molecule has 1 N–H and O–H groups in total. The molecule has 0 aliphatic carbocycles. The molecular formula is C21H31N5OS. The zero-order valence-electron chi connectivity index (χ0n) is 16.9. The molecule has 1 aliphatic heterocycles. The minimum atomic E-state index is 0.0898. The minimum Gasteiger partial charge on any atom is -0.354 e.